The molecule has 0 amide bonds. The molecule has 2 N–H and O–H groups in total. The summed E-state index contributed by atoms with van der Waals surface area (Å²) in [6.45, 7) is 7.72. The van der Waals surface area contributed by atoms with E-state index in [1.165, 1.54) is 11.9 Å². The third-order valence-corrected chi connectivity index (χ3v) is 4.33. The molecule has 0 saturated heterocycles. The number of allylic oxidation sites excluding steroid dienone is 3. The van der Waals surface area contributed by atoms with E-state index in [4.69, 9.17) is 5.73 Å². The van der Waals surface area contributed by atoms with Crippen molar-refractivity contribution in [2.24, 2.45) is 10.7 Å². The summed E-state index contributed by atoms with van der Waals surface area (Å²) in [4.78, 5) is 14.4. The van der Waals surface area contributed by atoms with Crippen molar-refractivity contribution in [1.29, 1.82) is 21.0 Å². The van der Waals surface area contributed by atoms with Gasteiger partial charge in [0.25, 0.3) is 0 Å². The summed E-state index contributed by atoms with van der Waals surface area (Å²) < 4.78 is 0. The highest BCUT2D eigenvalue weighted by Gasteiger charge is 2.31. The van der Waals surface area contributed by atoms with E-state index in [1.54, 1.807) is 13.8 Å². The lowest BCUT2D eigenvalue weighted by molar-refractivity contribution is 0.667. The van der Waals surface area contributed by atoms with E-state index >= 15 is 0 Å². The molecule has 0 atom stereocenters. The molecule has 1 aromatic heterocycles. The van der Waals surface area contributed by atoms with Crippen molar-refractivity contribution in [3.8, 4) is 24.4 Å². The molecule has 1 aliphatic rings. The Morgan fingerprint density at radius 2 is 1.72 bits per heavy atom. The van der Waals surface area contributed by atoms with Gasteiger partial charge in [0, 0.05) is 30.2 Å². The number of rotatable bonds is 4. The molecule has 1 aromatic rings. The molecule has 0 spiro atoms. The van der Waals surface area contributed by atoms with Crippen molar-refractivity contribution < 1.29 is 0 Å². The van der Waals surface area contributed by atoms with Crippen LogP contribution >= 0.6 is 0 Å². The Labute approximate surface area is 168 Å². The first-order valence-corrected chi connectivity index (χ1v) is 8.50. The maximum absolute atomic E-state index is 9.45. The van der Waals surface area contributed by atoms with Crippen LogP contribution in [0.15, 0.2) is 28.4 Å². The van der Waals surface area contributed by atoms with Crippen LogP contribution in [0, 0.1) is 45.4 Å². The van der Waals surface area contributed by atoms with Crippen LogP contribution in [0.25, 0.3) is 11.3 Å². The molecule has 0 bridgehead atoms. The van der Waals surface area contributed by atoms with E-state index in [1.807, 2.05) is 18.3 Å². The number of nitriles is 4. The van der Waals surface area contributed by atoms with Gasteiger partial charge in [-0.05, 0) is 20.4 Å². The Balaban J connectivity index is 2.92. The van der Waals surface area contributed by atoms with Crippen molar-refractivity contribution in [3.05, 3.63) is 46.2 Å². The predicted octanol–water partition coefficient (Wildman–Crippen LogP) is 1.98. The molecule has 0 saturated carbocycles. The van der Waals surface area contributed by atoms with Gasteiger partial charge in [-0.15, -0.1) is 0 Å². The standard InChI is InChI=1S/C20H17N9/c1-11(7-22)14(5-6-21)26-17-12(2)18-19(20(13(17)3)29(4)10-25)28-16(9-24)15(8-23)27-18/h2,5-6,21H2,1,3-4H3/b14-11+,26-17+. The summed E-state index contributed by atoms with van der Waals surface area (Å²) in [6, 6.07) is 5.77. The van der Waals surface area contributed by atoms with Gasteiger partial charge in [-0.25, -0.2) is 9.97 Å². The molecule has 0 fully saturated rings. The van der Waals surface area contributed by atoms with Crippen molar-refractivity contribution >= 4 is 17.0 Å². The maximum Gasteiger partial charge on any atom is 0.184 e. The Morgan fingerprint density at radius 1 is 1.14 bits per heavy atom. The monoisotopic (exact) mass is 383 g/mol. The van der Waals surface area contributed by atoms with Crippen LogP contribution in [0.1, 0.15) is 43.0 Å². The van der Waals surface area contributed by atoms with Gasteiger partial charge in [-0.3, -0.25) is 9.89 Å². The molecule has 0 aromatic carbocycles. The van der Waals surface area contributed by atoms with Crippen molar-refractivity contribution in [2.75, 3.05) is 13.6 Å². The van der Waals surface area contributed by atoms with Crippen LogP contribution in [-0.4, -0.2) is 34.2 Å². The fourth-order valence-electron chi connectivity index (χ4n) is 2.87. The second-order valence-electron chi connectivity index (χ2n) is 6.14. The van der Waals surface area contributed by atoms with Crippen LogP contribution in [0.4, 0.5) is 0 Å². The van der Waals surface area contributed by atoms with Crippen LogP contribution in [0.2, 0.25) is 0 Å². The van der Waals surface area contributed by atoms with Crippen molar-refractivity contribution in [3.63, 3.8) is 0 Å². The number of aliphatic imine (C=N–C) groups is 1. The average Bonchev–Trinajstić information content (AvgIpc) is 2.74. The highest BCUT2D eigenvalue weighted by Crippen LogP contribution is 2.36. The number of aromatic nitrogens is 2. The fraction of sp³-hybridized carbons (Fsp3) is 0.250. The number of fused-ring (bicyclic) bond motifs is 1. The Bertz CT molecular complexity index is 1150. The fourth-order valence-corrected chi connectivity index (χ4v) is 2.87. The highest BCUT2D eigenvalue weighted by atomic mass is 15.1. The topological polar surface area (TPSA) is 163 Å². The van der Waals surface area contributed by atoms with Gasteiger partial charge in [0.1, 0.15) is 23.5 Å². The zero-order valence-corrected chi connectivity index (χ0v) is 16.3. The van der Waals surface area contributed by atoms with E-state index in [0.717, 1.165) is 0 Å². The second-order valence-corrected chi connectivity index (χ2v) is 6.14. The van der Waals surface area contributed by atoms with E-state index in [-0.39, 0.29) is 22.8 Å². The van der Waals surface area contributed by atoms with E-state index in [2.05, 4.69) is 27.6 Å². The van der Waals surface area contributed by atoms with Gasteiger partial charge in [0.2, 0.25) is 0 Å². The molecule has 142 valence electrons. The largest absolute Gasteiger partial charge is 0.330 e. The Kier molecular flexibility index (Phi) is 6.22. The van der Waals surface area contributed by atoms with Gasteiger partial charge in [0.15, 0.2) is 17.6 Å². The smallest absolute Gasteiger partial charge is 0.184 e. The third kappa shape index (κ3) is 3.73. The van der Waals surface area contributed by atoms with Crippen LogP contribution in [0.3, 0.4) is 0 Å². The lowest BCUT2D eigenvalue weighted by Crippen LogP contribution is -2.24. The summed E-state index contributed by atoms with van der Waals surface area (Å²) in [5, 5.41) is 37.3. The minimum Gasteiger partial charge on any atom is -0.330 e. The van der Waals surface area contributed by atoms with Gasteiger partial charge in [-0.2, -0.15) is 21.0 Å². The third-order valence-electron chi connectivity index (χ3n) is 4.33. The molecule has 1 aliphatic carbocycles. The van der Waals surface area contributed by atoms with Crippen LogP contribution < -0.4 is 5.73 Å². The summed E-state index contributed by atoms with van der Waals surface area (Å²) in [5.41, 5.74) is 8.56. The quantitative estimate of drug-likeness (QED) is 0.468. The van der Waals surface area contributed by atoms with E-state index < -0.39 is 0 Å². The molecular weight excluding hydrogens is 366 g/mol. The van der Waals surface area contributed by atoms with Crippen molar-refractivity contribution in [2.45, 2.75) is 20.3 Å². The van der Waals surface area contributed by atoms with E-state index in [0.29, 0.717) is 46.8 Å². The van der Waals surface area contributed by atoms with Gasteiger partial charge in [0.05, 0.1) is 23.2 Å². The van der Waals surface area contributed by atoms with Gasteiger partial charge >= 0.3 is 0 Å². The van der Waals surface area contributed by atoms with E-state index in [9.17, 15) is 21.0 Å². The molecular formula is C20H17N9. The van der Waals surface area contributed by atoms with Crippen LogP contribution in [0.5, 0.6) is 0 Å². The first-order chi connectivity index (χ1) is 13.8. The molecule has 9 heteroatoms. The number of hydrogen-bond acceptors (Lipinski definition) is 9. The SMILES string of the molecule is C=C1/C(=N\C(CCN)=C(/C)C#N)C(C)=C(N(C)C#N)c2nc(C#N)c(C#N)nc21. The number of nitrogens with zero attached hydrogens (tertiary/aromatic N) is 8. The van der Waals surface area contributed by atoms with Gasteiger partial charge < -0.3 is 5.73 Å². The zero-order valence-electron chi connectivity index (χ0n) is 16.3. The Morgan fingerprint density at radius 3 is 2.21 bits per heavy atom. The summed E-state index contributed by atoms with van der Waals surface area (Å²) in [7, 11) is 1.54. The highest BCUT2D eigenvalue weighted by molar-refractivity contribution is 6.35. The summed E-state index contributed by atoms with van der Waals surface area (Å²) in [6.07, 6.45) is 2.39. The molecule has 0 unspecified atom stereocenters. The normalized spacial score (nSPS) is 14.9. The molecule has 9 nitrogen and oxygen atoms in total. The van der Waals surface area contributed by atoms with Crippen LogP contribution in [-0.2, 0) is 0 Å². The summed E-state index contributed by atoms with van der Waals surface area (Å²) in [5.74, 6) is 0. The molecule has 29 heavy (non-hydrogen) atoms. The molecule has 2 rings (SSSR count). The minimum absolute atomic E-state index is 0.139. The minimum atomic E-state index is -0.142. The lowest BCUT2D eigenvalue weighted by Gasteiger charge is -2.26. The first-order valence-electron chi connectivity index (χ1n) is 8.50. The zero-order chi connectivity index (χ0) is 21.7. The molecule has 1 heterocycles. The maximum atomic E-state index is 9.45. The molecule has 0 radical (unpaired) electrons. The Hall–Kier alpha value is -4.31. The van der Waals surface area contributed by atoms with Crippen molar-refractivity contribution in [1.82, 2.24) is 14.9 Å². The van der Waals surface area contributed by atoms with Gasteiger partial charge in [-0.1, -0.05) is 6.58 Å². The molecule has 0 aliphatic heterocycles. The number of hydrogen-bond donors (Lipinski definition) is 1. The predicted molar refractivity (Wildman–Crippen MR) is 106 cm³/mol. The average molecular weight is 383 g/mol. The lowest BCUT2D eigenvalue weighted by atomic mass is 9.90. The first kappa shape index (κ1) is 21.0. The second kappa shape index (κ2) is 8.59. The summed E-state index contributed by atoms with van der Waals surface area (Å²) >= 11 is 0. The number of nitrogens with two attached hydrogens (primary N) is 1.